The zero-order valence-corrected chi connectivity index (χ0v) is 13.9. The second kappa shape index (κ2) is 6.39. The van der Waals surface area contributed by atoms with Crippen molar-refractivity contribution in [2.45, 2.75) is 58.4 Å². The lowest BCUT2D eigenvalue weighted by molar-refractivity contribution is 0.262. The summed E-state index contributed by atoms with van der Waals surface area (Å²) in [5.74, 6) is 2.69. The molecule has 2 nitrogen and oxygen atoms in total. The highest BCUT2D eigenvalue weighted by Crippen LogP contribution is 2.37. The van der Waals surface area contributed by atoms with Gasteiger partial charge in [0.25, 0.3) is 0 Å². The second-order valence-corrected chi connectivity index (χ2v) is 6.80. The zero-order valence-electron chi connectivity index (χ0n) is 13.1. The summed E-state index contributed by atoms with van der Waals surface area (Å²) in [6.07, 6.45) is 7.48. The van der Waals surface area contributed by atoms with Gasteiger partial charge in [-0.1, -0.05) is 32.3 Å². The molecule has 2 atom stereocenters. The van der Waals surface area contributed by atoms with Gasteiger partial charge in [0.05, 0.1) is 11.0 Å². The van der Waals surface area contributed by atoms with Crippen LogP contribution in [0.1, 0.15) is 56.5 Å². The number of nitrogens with zero attached hydrogens (tertiary/aromatic N) is 2. The smallest absolute Gasteiger partial charge is 0.111 e. The Bertz CT molecular complexity index is 617. The lowest BCUT2D eigenvalue weighted by Gasteiger charge is -2.31. The van der Waals surface area contributed by atoms with Gasteiger partial charge in [-0.05, 0) is 43.4 Å². The van der Waals surface area contributed by atoms with Crippen molar-refractivity contribution in [2.75, 3.05) is 5.88 Å². The van der Waals surface area contributed by atoms with E-state index in [1.165, 1.54) is 49.0 Å². The molecule has 1 aliphatic rings. The molecule has 1 heterocycles. The van der Waals surface area contributed by atoms with Crippen LogP contribution in [0.15, 0.2) is 18.2 Å². The number of halogens is 1. The summed E-state index contributed by atoms with van der Waals surface area (Å²) in [4.78, 5) is 4.87. The quantitative estimate of drug-likeness (QED) is 0.704. The van der Waals surface area contributed by atoms with Crippen molar-refractivity contribution in [1.29, 1.82) is 0 Å². The number of fused-ring (bicyclic) bond motifs is 1. The minimum absolute atomic E-state index is 0.606. The number of aromatic nitrogens is 2. The Labute approximate surface area is 132 Å². The van der Waals surface area contributed by atoms with E-state index in [2.05, 4.69) is 36.6 Å². The summed E-state index contributed by atoms with van der Waals surface area (Å²) in [5.41, 5.74) is 3.70. The molecule has 1 saturated carbocycles. The predicted molar refractivity (Wildman–Crippen MR) is 90.2 cm³/mol. The fourth-order valence-corrected chi connectivity index (χ4v) is 3.96. The summed E-state index contributed by atoms with van der Waals surface area (Å²) in [5, 5.41) is 0. The average molecular weight is 305 g/mol. The molecule has 3 rings (SSSR count). The molecule has 0 N–H and O–H groups in total. The molecule has 2 unspecified atom stereocenters. The monoisotopic (exact) mass is 304 g/mol. The van der Waals surface area contributed by atoms with Crippen molar-refractivity contribution in [3.8, 4) is 0 Å². The van der Waals surface area contributed by atoms with E-state index in [0.717, 1.165) is 17.9 Å². The highest BCUT2D eigenvalue weighted by molar-refractivity contribution is 6.17. The summed E-state index contributed by atoms with van der Waals surface area (Å²) in [6.45, 7) is 4.45. The Hall–Kier alpha value is -1.02. The molecule has 0 radical (unpaired) electrons. The molecule has 0 spiro atoms. The third-order valence-corrected chi connectivity index (χ3v) is 5.12. The van der Waals surface area contributed by atoms with E-state index in [9.17, 15) is 0 Å². The van der Waals surface area contributed by atoms with E-state index in [1.54, 1.807) is 0 Å². The van der Waals surface area contributed by atoms with Gasteiger partial charge in [-0.15, -0.1) is 11.6 Å². The van der Waals surface area contributed by atoms with Crippen molar-refractivity contribution in [3.05, 3.63) is 29.6 Å². The lowest BCUT2D eigenvalue weighted by atomic mass is 9.84. The average Bonchev–Trinajstić information content (AvgIpc) is 2.84. The standard InChI is InChI=1S/C18H25ClN2/c1-3-14-5-4-6-15(12-14)21-17-8-7-13(2)11-16(17)20-18(21)9-10-19/h7-8,11,14-15H,3-6,9-10,12H2,1-2H3. The Morgan fingerprint density at radius 3 is 2.95 bits per heavy atom. The Balaban J connectivity index is 2.04. The maximum atomic E-state index is 6.01. The number of rotatable bonds is 4. The van der Waals surface area contributed by atoms with Gasteiger partial charge in [0.2, 0.25) is 0 Å². The van der Waals surface area contributed by atoms with E-state index >= 15 is 0 Å². The zero-order chi connectivity index (χ0) is 14.8. The fourth-order valence-electron chi connectivity index (χ4n) is 3.79. The maximum absolute atomic E-state index is 6.01. The molecule has 1 aromatic carbocycles. The van der Waals surface area contributed by atoms with Gasteiger partial charge >= 0.3 is 0 Å². The molecular weight excluding hydrogens is 280 g/mol. The van der Waals surface area contributed by atoms with E-state index in [4.69, 9.17) is 16.6 Å². The van der Waals surface area contributed by atoms with Gasteiger partial charge < -0.3 is 4.57 Å². The van der Waals surface area contributed by atoms with Crippen LogP contribution >= 0.6 is 11.6 Å². The molecule has 1 aliphatic carbocycles. The van der Waals surface area contributed by atoms with Gasteiger partial charge in [0, 0.05) is 18.3 Å². The van der Waals surface area contributed by atoms with Crippen molar-refractivity contribution in [2.24, 2.45) is 5.92 Å². The normalized spacial score (nSPS) is 22.8. The second-order valence-electron chi connectivity index (χ2n) is 6.42. The van der Waals surface area contributed by atoms with Crippen LogP contribution in [0.3, 0.4) is 0 Å². The molecule has 0 amide bonds. The van der Waals surface area contributed by atoms with Gasteiger partial charge in [0.15, 0.2) is 0 Å². The largest absolute Gasteiger partial charge is 0.325 e. The van der Waals surface area contributed by atoms with Crippen LogP contribution in [-0.2, 0) is 6.42 Å². The van der Waals surface area contributed by atoms with Crippen molar-refractivity contribution in [3.63, 3.8) is 0 Å². The molecule has 114 valence electrons. The first kappa shape index (κ1) is 14.9. The number of hydrogen-bond acceptors (Lipinski definition) is 1. The van der Waals surface area contributed by atoms with Crippen LogP contribution in [0.4, 0.5) is 0 Å². The topological polar surface area (TPSA) is 17.8 Å². The minimum atomic E-state index is 0.606. The molecule has 21 heavy (non-hydrogen) atoms. The molecule has 2 aromatic rings. The third-order valence-electron chi connectivity index (χ3n) is 4.93. The summed E-state index contributed by atoms with van der Waals surface area (Å²) < 4.78 is 2.50. The number of benzene rings is 1. The van der Waals surface area contributed by atoms with Gasteiger partial charge in [0.1, 0.15) is 5.82 Å². The van der Waals surface area contributed by atoms with Gasteiger partial charge in [-0.3, -0.25) is 0 Å². The maximum Gasteiger partial charge on any atom is 0.111 e. The Morgan fingerprint density at radius 2 is 2.19 bits per heavy atom. The van der Waals surface area contributed by atoms with Crippen molar-refractivity contribution >= 4 is 22.6 Å². The number of alkyl halides is 1. The van der Waals surface area contributed by atoms with Crippen molar-refractivity contribution in [1.82, 2.24) is 9.55 Å². The summed E-state index contributed by atoms with van der Waals surface area (Å²) >= 11 is 6.01. The molecule has 1 fully saturated rings. The molecule has 0 saturated heterocycles. The van der Waals surface area contributed by atoms with E-state index in [0.29, 0.717) is 11.9 Å². The van der Waals surface area contributed by atoms with Crippen LogP contribution in [0.5, 0.6) is 0 Å². The lowest BCUT2D eigenvalue weighted by Crippen LogP contribution is -2.20. The first-order valence-corrected chi connectivity index (χ1v) is 8.79. The molecule has 3 heteroatoms. The van der Waals surface area contributed by atoms with E-state index in [1.807, 2.05) is 0 Å². The number of imidazole rings is 1. The first-order chi connectivity index (χ1) is 10.2. The van der Waals surface area contributed by atoms with E-state index < -0.39 is 0 Å². The summed E-state index contributed by atoms with van der Waals surface area (Å²) in [6, 6.07) is 7.24. The highest BCUT2D eigenvalue weighted by atomic mass is 35.5. The van der Waals surface area contributed by atoms with Gasteiger partial charge in [-0.2, -0.15) is 0 Å². The summed E-state index contributed by atoms with van der Waals surface area (Å²) in [7, 11) is 0. The highest BCUT2D eigenvalue weighted by Gasteiger charge is 2.25. The Kier molecular flexibility index (Phi) is 4.54. The van der Waals surface area contributed by atoms with Crippen LogP contribution < -0.4 is 0 Å². The Morgan fingerprint density at radius 1 is 1.33 bits per heavy atom. The van der Waals surface area contributed by atoms with Gasteiger partial charge in [-0.25, -0.2) is 4.98 Å². The van der Waals surface area contributed by atoms with Crippen molar-refractivity contribution < 1.29 is 0 Å². The number of aryl methyl sites for hydroxylation is 2. The number of hydrogen-bond donors (Lipinski definition) is 0. The predicted octanol–water partition coefficient (Wildman–Crippen LogP) is 5.27. The van der Waals surface area contributed by atoms with Crippen LogP contribution in [0.25, 0.3) is 11.0 Å². The van der Waals surface area contributed by atoms with Crippen LogP contribution in [0.2, 0.25) is 0 Å². The SMILES string of the molecule is CCC1CCCC(n2c(CCCl)nc3cc(C)ccc32)C1. The fraction of sp³-hybridized carbons (Fsp3) is 0.611. The van der Waals surface area contributed by atoms with E-state index in [-0.39, 0.29) is 0 Å². The molecular formula is C18H25ClN2. The molecule has 0 bridgehead atoms. The first-order valence-electron chi connectivity index (χ1n) is 8.26. The van der Waals surface area contributed by atoms with Crippen LogP contribution in [-0.4, -0.2) is 15.4 Å². The third kappa shape index (κ3) is 2.96. The molecule has 1 aromatic heterocycles. The minimum Gasteiger partial charge on any atom is -0.325 e. The molecule has 0 aliphatic heterocycles. The van der Waals surface area contributed by atoms with Crippen LogP contribution in [0, 0.1) is 12.8 Å².